The molecule has 0 unspecified atom stereocenters. The summed E-state index contributed by atoms with van der Waals surface area (Å²) in [5.74, 6) is -0.440. The van der Waals surface area contributed by atoms with Gasteiger partial charge in [0.2, 0.25) is 5.91 Å². The van der Waals surface area contributed by atoms with Crippen LogP contribution in [0.5, 0.6) is 0 Å². The van der Waals surface area contributed by atoms with Crippen molar-refractivity contribution in [2.75, 3.05) is 16.2 Å². The van der Waals surface area contributed by atoms with Crippen LogP contribution in [0.2, 0.25) is 5.02 Å². The summed E-state index contributed by atoms with van der Waals surface area (Å²) in [4.78, 5) is 13.0. The average molecular weight is 443 g/mol. The lowest BCUT2D eigenvalue weighted by Gasteiger charge is -2.24. The zero-order valence-corrected chi connectivity index (χ0v) is 18.6. The van der Waals surface area contributed by atoms with E-state index in [9.17, 15) is 13.2 Å². The van der Waals surface area contributed by atoms with Gasteiger partial charge in [0.05, 0.1) is 10.6 Å². The Bertz CT molecular complexity index is 1160. The summed E-state index contributed by atoms with van der Waals surface area (Å²) in [5.41, 5.74) is 3.94. The molecular weight excluding hydrogens is 420 g/mol. The molecule has 3 rings (SSSR count). The van der Waals surface area contributed by atoms with Gasteiger partial charge >= 0.3 is 0 Å². The third-order valence-corrected chi connectivity index (χ3v) is 6.68. The Morgan fingerprint density at radius 1 is 0.933 bits per heavy atom. The Morgan fingerprint density at radius 2 is 1.57 bits per heavy atom. The molecule has 0 bridgehead atoms. The monoisotopic (exact) mass is 442 g/mol. The summed E-state index contributed by atoms with van der Waals surface area (Å²) in [5, 5.41) is 3.25. The molecule has 3 aromatic carbocycles. The van der Waals surface area contributed by atoms with E-state index in [0.29, 0.717) is 16.4 Å². The Labute approximate surface area is 182 Å². The van der Waals surface area contributed by atoms with E-state index >= 15 is 0 Å². The average Bonchev–Trinajstić information content (AvgIpc) is 2.69. The highest BCUT2D eigenvalue weighted by Gasteiger charge is 2.27. The topological polar surface area (TPSA) is 66.5 Å². The van der Waals surface area contributed by atoms with Crippen LogP contribution in [0.25, 0.3) is 0 Å². The third kappa shape index (κ3) is 4.83. The number of amides is 1. The van der Waals surface area contributed by atoms with E-state index in [2.05, 4.69) is 5.32 Å². The number of carbonyl (C=O) groups excluding carboxylic acids is 1. The first-order valence-electron chi connectivity index (χ1n) is 9.39. The molecule has 0 spiro atoms. The van der Waals surface area contributed by atoms with Crippen LogP contribution in [-0.4, -0.2) is 20.9 Å². The lowest BCUT2D eigenvalue weighted by molar-refractivity contribution is -0.114. The molecule has 0 heterocycles. The molecule has 0 fully saturated rings. The molecule has 30 heavy (non-hydrogen) atoms. The van der Waals surface area contributed by atoms with Gasteiger partial charge in [-0.15, -0.1) is 0 Å². The van der Waals surface area contributed by atoms with Crippen molar-refractivity contribution in [1.82, 2.24) is 0 Å². The van der Waals surface area contributed by atoms with Crippen molar-refractivity contribution in [3.63, 3.8) is 0 Å². The highest BCUT2D eigenvalue weighted by Crippen LogP contribution is 2.27. The third-order valence-electron chi connectivity index (χ3n) is 4.66. The molecule has 1 N–H and O–H groups in total. The van der Waals surface area contributed by atoms with Crippen molar-refractivity contribution in [3.8, 4) is 0 Å². The molecule has 0 atom stereocenters. The van der Waals surface area contributed by atoms with Crippen LogP contribution in [0.15, 0.2) is 71.6 Å². The summed E-state index contributed by atoms with van der Waals surface area (Å²) >= 11 is 6.09. The normalized spacial score (nSPS) is 11.2. The van der Waals surface area contributed by atoms with Crippen LogP contribution in [0, 0.1) is 20.8 Å². The van der Waals surface area contributed by atoms with Crippen LogP contribution < -0.4 is 9.62 Å². The maximum absolute atomic E-state index is 13.3. The van der Waals surface area contributed by atoms with Gasteiger partial charge < -0.3 is 5.32 Å². The minimum Gasteiger partial charge on any atom is -0.324 e. The van der Waals surface area contributed by atoms with Gasteiger partial charge in [0, 0.05) is 10.7 Å². The molecule has 0 radical (unpaired) electrons. The number of rotatable bonds is 6. The fraction of sp³-hybridized carbons (Fsp3) is 0.174. The smallest absolute Gasteiger partial charge is 0.264 e. The first-order chi connectivity index (χ1) is 14.2. The molecule has 0 saturated carbocycles. The predicted molar refractivity (Wildman–Crippen MR) is 122 cm³/mol. The number of carbonyl (C=O) groups is 1. The first-order valence-corrected chi connectivity index (χ1v) is 11.2. The number of hydrogen-bond acceptors (Lipinski definition) is 3. The summed E-state index contributed by atoms with van der Waals surface area (Å²) < 4.78 is 27.7. The number of nitrogens with one attached hydrogen (secondary N) is 1. The first kappa shape index (κ1) is 21.9. The predicted octanol–water partition coefficient (Wildman–Crippen LogP) is 5.10. The molecule has 1 amide bonds. The zero-order chi connectivity index (χ0) is 21.9. The van der Waals surface area contributed by atoms with E-state index < -0.39 is 15.9 Å². The molecule has 0 aliphatic heterocycles. The molecule has 156 valence electrons. The number of aryl methyl sites for hydroxylation is 3. The lowest BCUT2D eigenvalue weighted by atomic mass is 10.1. The van der Waals surface area contributed by atoms with Crippen molar-refractivity contribution in [2.45, 2.75) is 25.7 Å². The van der Waals surface area contributed by atoms with Gasteiger partial charge in [-0.3, -0.25) is 9.10 Å². The highest BCUT2D eigenvalue weighted by molar-refractivity contribution is 7.92. The second-order valence-corrected chi connectivity index (χ2v) is 9.43. The molecule has 0 saturated heterocycles. The molecule has 0 aliphatic carbocycles. The Morgan fingerprint density at radius 3 is 2.17 bits per heavy atom. The van der Waals surface area contributed by atoms with Gasteiger partial charge in [-0.1, -0.05) is 53.6 Å². The minimum absolute atomic E-state index is 0.0977. The minimum atomic E-state index is -3.97. The van der Waals surface area contributed by atoms with Crippen LogP contribution in [0.3, 0.4) is 0 Å². The van der Waals surface area contributed by atoms with E-state index in [1.807, 2.05) is 32.9 Å². The molecule has 7 heteroatoms. The van der Waals surface area contributed by atoms with E-state index in [1.165, 1.54) is 18.2 Å². The summed E-state index contributed by atoms with van der Waals surface area (Å²) in [7, 11) is -3.97. The van der Waals surface area contributed by atoms with Gasteiger partial charge in [0.25, 0.3) is 10.0 Å². The maximum atomic E-state index is 13.3. The van der Waals surface area contributed by atoms with Crippen molar-refractivity contribution in [2.24, 2.45) is 0 Å². The Kier molecular flexibility index (Phi) is 6.48. The van der Waals surface area contributed by atoms with Crippen molar-refractivity contribution >= 4 is 38.9 Å². The molecule has 3 aromatic rings. The standard InChI is InChI=1S/C23H23ClN2O3S/c1-16-12-17(2)23(18(3)13-16)25-22(27)15-26(20-9-7-8-19(24)14-20)30(28,29)21-10-5-4-6-11-21/h4-14H,15H2,1-3H3,(H,25,27). The lowest BCUT2D eigenvalue weighted by Crippen LogP contribution is -2.38. The summed E-state index contributed by atoms with van der Waals surface area (Å²) in [6, 6.07) is 18.4. The van der Waals surface area contributed by atoms with Gasteiger partial charge in [-0.25, -0.2) is 8.42 Å². The van der Waals surface area contributed by atoms with Crippen LogP contribution in [-0.2, 0) is 14.8 Å². The summed E-state index contributed by atoms with van der Waals surface area (Å²) in [6.07, 6.45) is 0. The highest BCUT2D eigenvalue weighted by atomic mass is 35.5. The number of anilines is 2. The number of nitrogens with zero attached hydrogens (tertiary/aromatic N) is 1. The molecule has 0 aromatic heterocycles. The van der Waals surface area contributed by atoms with Crippen LogP contribution in [0.4, 0.5) is 11.4 Å². The number of hydrogen-bond donors (Lipinski definition) is 1. The number of benzene rings is 3. The van der Waals surface area contributed by atoms with Crippen molar-refractivity contribution in [3.05, 3.63) is 88.4 Å². The van der Waals surface area contributed by atoms with Crippen molar-refractivity contribution < 1.29 is 13.2 Å². The Balaban J connectivity index is 1.97. The molecule has 5 nitrogen and oxygen atoms in total. The molecule has 0 aliphatic rings. The van der Waals surface area contributed by atoms with E-state index in [0.717, 1.165) is 21.0 Å². The number of halogens is 1. The van der Waals surface area contributed by atoms with Gasteiger partial charge in [0.15, 0.2) is 0 Å². The number of sulfonamides is 1. The quantitative estimate of drug-likeness (QED) is 0.577. The SMILES string of the molecule is Cc1cc(C)c(NC(=O)CN(c2cccc(Cl)c2)S(=O)(=O)c2ccccc2)c(C)c1. The Hall–Kier alpha value is -2.83. The molecular formula is C23H23ClN2O3S. The van der Waals surface area contributed by atoms with Crippen molar-refractivity contribution in [1.29, 1.82) is 0 Å². The fourth-order valence-electron chi connectivity index (χ4n) is 3.35. The summed E-state index contributed by atoms with van der Waals surface area (Å²) in [6.45, 7) is 5.42. The zero-order valence-electron chi connectivity index (χ0n) is 17.0. The van der Waals surface area contributed by atoms with E-state index in [1.54, 1.807) is 36.4 Å². The largest absolute Gasteiger partial charge is 0.324 e. The van der Waals surface area contributed by atoms with E-state index in [4.69, 9.17) is 11.6 Å². The maximum Gasteiger partial charge on any atom is 0.264 e. The van der Waals surface area contributed by atoms with Crippen LogP contribution >= 0.6 is 11.6 Å². The van der Waals surface area contributed by atoms with E-state index in [-0.39, 0.29) is 11.4 Å². The van der Waals surface area contributed by atoms with Gasteiger partial charge in [-0.2, -0.15) is 0 Å². The van der Waals surface area contributed by atoms with Gasteiger partial charge in [0.1, 0.15) is 6.54 Å². The van der Waals surface area contributed by atoms with Crippen LogP contribution in [0.1, 0.15) is 16.7 Å². The second kappa shape index (κ2) is 8.90. The second-order valence-electron chi connectivity index (χ2n) is 7.13. The fourth-order valence-corrected chi connectivity index (χ4v) is 4.97. The van der Waals surface area contributed by atoms with Gasteiger partial charge in [-0.05, 0) is 62.2 Å².